The maximum absolute atomic E-state index is 11.7. The first-order valence-corrected chi connectivity index (χ1v) is 7.01. The van der Waals surface area contributed by atoms with Gasteiger partial charge in [0.05, 0.1) is 0 Å². The number of carbonyl (C=O) groups is 2. The van der Waals surface area contributed by atoms with Gasteiger partial charge in [0.25, 0.3) is 11.8 Å². The fourth-order valence-corrected chi connectivity index (χ4v) is 2.79. The normalized spacial score (nSPS) is 18.7. The Kier molecular flexibility index (Phi) is 3.69. The van der Waals surface area contributed by atoms with E-state index in [1.165, 1.54) is 21.7 Å². The first-order valence-electron chi connectivity index (χ1n) is 7.01. The first-order chi connectivity index (χ1) is 9.75. The number of ether oxygens (including phenoxy) is 1. The van der Waals surface area contributed by atoms with Gasteiger partial charge >= 0.3 is 0 Å². The summed E-state index contributed by atoms with van der Waals surface area (Å²) in [4.78, 5) is 24.7. The highest BCUT2D eigenvalue weighted by molar-refractivity contribution is 5.98. The molecule has 0 saturated carbocycles. The van der Waals surface area contributed by atoms with E-state index in [-0.39, 0.29) is 25.0 Å². The molecule has 1 saturated heterocycles. The summed E-state index contributed by atoms with van der Waals surface area (Å²) < 4.78 is 4.91. The summed E-state index contributed by atoms with van der Waals surface area (Å²) in [5.74, 6) is -0.474. The summed E-state index contributed by atoms with van der Waals surface area (Å²) in [6.45, 7) is 1.44. The molecule has 0 aliphatic carbocycles. The zero-order valence-electron chi connectivity index (χ0n) is 11.4. The summed E-state index contributed by atoms with van der Waals surface area (Å²) in [6.07, 6.45) is 2.93. The third kappa shape index (κ3) is 2.54. The minimum Gasteiger partial charge on any atom is -0.385 e. The highest BCUT2D eigenvalue weighted by Gasteiger charge is 2.26. The van der Waals surface area contributed by atoms with E-state index < -0.39 is 0 Å². The zero-order valence-corrected chi connectivity index (χ0v) is 11.4. The van der Waals surface area contributed by atoms with Gasteiger partial charge in [-0.3, -0.25) is 14.5 Å². The van der Waals surface area contributed by atoms with Crippen molar-refractivity contribution in [2.75, 3.05) is 31.6 Å². The molecule has 0 bridgehead atoms. The molecule has 0 atom stereocenters. The third-order valence-corrected chi connectivity index (χ3v) is 3.82. The van der Waals surface area contributed by atoms with Crippen LogP contribution in [0.5, 0.6) is 0 Å². The predicted octanol–water partition coefficient (Wildman–Crippen LogP) is 0.973. The first kappa shape index (κ1) is 13.1. The number of para-hydroxylation sites is 1. The molecule has 2 amide bonds. The fourth-order valence-electron chi connectivity index (χ4n) is 2.79. The average molecular weight is 274 g/mol. The van der Waals surface area contributed by atoms with Crippen LogP contribution in [0.25, 0.3) is 0 Å². The zero-order chi connectivity index (χ0) is 13.9. The lowest BCUT2D eigenvalue weighted by molar-refractivity contribution is -0.158. The lowest BCUT2D eigenvalue weighted by Crippen LogP contribution is -2.47. The van der Waals surface area contributed by atoms with Crippen molar-refractivity contribution < 1.29 is 14.3 Å². The highest BCUT2D eigenvalue weighted by Crippen LogP contribution is 2.26. The number of nitrogens with one attached hydrogen (secondary N) is 1. The second-order valence-corrected chi connectivity index (χ2v) is 5.16. The fraction of sp³-hybridized carbons (Fsp3) is 0.467. The number of morpholine rings is 1. The van der Waals surface area contributed by atoms with Gasteiger partial charge in [0.1, 0.15) is 13.2 Å². The molecular formula is C15H18N2O3. The van der Waals surface area contributed by atoms with Gasteiger partial charge in [0, 0.05) is 18.8 Å². The molecule has 0 radical (unpaired) electrons. The topological polar surface area (TPSA) is 58.6 Å². The number of hydrogen-bond donors (Lipinski definition) is 1. The summed E-state index contributed by atoms with van der Waals surface area (Å²) in [5, 5.41) is 3.43. The number of rotatable bonds is 3. The molecule has 1 aromatic rings. The summed E-state index contributed by atoms with van der Waals surface area (Å²) >= 11 is 0. The van der Waals surface area contributed by atoms with Crippen molar-refractivity contribution in [1.82, 2.24) is 4.90 Å². The van der Waals surface area contributed by atoms with E-state index in [4.69, 9.17) is 4.74 Å². The Bertz CT molecular complexity index is 526. The molecule has 2 heterocycles. The number of carbonyl (C=O) groups excluding carboxylic acids is 2. The van der Waals surface area contributed by atoms with Crippen LogP contribution in [-0.4, -0.2) is 43.0 Å². The minimum absolute atomic E-state index is 0.0108. The van der Waals surface area contributed by atoms with Crippen molar-refractivity contribution in [2.45, 2.75) is 19.3 Å². The molecule has 1 fully saturated rings. The standard InChI is InChI=1S/C15H18N2O3/c18-13-9-20-10-14(19)17(13)8-6-12-4-1-3-11-5-2-7-16-15(11)12/h1,3-4,16H,2,5-10H2. The smallest absolute Gasteiger partial charge is 0.255 e. The molecular weight excluding hydrogens is 256 g/mol. The van der Waals surface area contributed by atoms with Crippen LogP contribution >= 0.6 is 0 Å². The van der Waals surface area contributed by atoms with Crippen molar-refractivity contribution in [3.63, 3.8) is 0 Å². The Morgan fingerprint density at radius 2 is 2.00 bits per heavy atom. The second kappa shape index (κ2) is 5.63. The molecule has 0 unspecified atom stereocenters. The molecule has 5 nitrogen and oxygen atoms in total. The van der Waals surface area contributed by atoms with E-state index in [2.05, 4.69) is 17.4 Å². The van der Waals surface area contributed by atoms with Gasteiger partial charge in [0.2, 0.25) is 0 Å². The molecule has 0 aromatic heterocycles. The van der Waals surface area contributed by atoms with Crippen LogP contribution in [0.4, 0.5) is 5.69 Å². The average Bonchev–Trinajstić information content (AvgIpc) is 2.47. The van der Waals surface area contributed by atoms with Crippen molar-refractivity contribution in [1.29, 1.82) is 0 Å². The maximum Gasteiger partial charge on any atom is 0.255 e. The summed E-state index contributed by atoms with van der Waals surface area (Å²) in [6, 6.07) is 6.24. The third-order valence-electron chi connectivity index (χ3n) is 3.82. The van der Waals surface area contributed by atoms with Crippen LogP contribution in [0.3, 0.4) is 0 Å². The van der Waals surface area contributed by atoms with E-state index in [0.717, 1.165) is 19.4 Å². The molecule has 1 aromatic carbocycles. The van der Waals surface area contributed by atoms with Crippen molar-refractivity contribution >= 4 is 17.5 Å². The van der Waals surface area contributed by atoms with E-state index in [0.29, 0.717) is 13.0 Å². The van der Waals surface area contributed by atoms with Gasteiger partial charge in [0.15, 0.2) is 0 Å². The van der Waals surface area contributed by atoms with Crippen LogP contribution in [0, 0.1) is 0 Å². The Labute approximate surface area is 117 Å². The van der Waals surface area contributed by atoms with Crippen LogP contribution in [0.1, 0.15) is 17.5 Å². The van der Waals surface area contributed by atoms with Gasteiger partial charge in [-0.05, 0) is 30.4 Å². The molecule has 20 heavy (non-hydrogen) atoms. The highest BCUT2D eigenvalue weighted by atomic mass is 16.5. The van der Waals surface area contributed by atoms with E-state index in [1.807, 2.05) is 6.07 Å². The van der Waals surface area contributed by atoms with Gasteiger partial charge in [-0.2, -0.15) is 0 Å². The van der Waals surface area contributed by atoms with E-state index >= 15 is 0 Å². The number of amides is 2. The molecule has 1 N–H and O–H groups in total. The predicted molar refractivity (Wildman–Crippen MR) is 74.5 cm³/mol. The summed E-state index contributed by atoms with van der Waals surface area (Å²) in [5.41, 5.74) is 3.69. The van der Waals surface area contributed by atoms with Crippen LogP contribution in [0.15, 0.2) is 18.2 Å². The van der Waals surface area contributed by atoms with Crippen molar-refractivity contribution in [3.05, 3.63) is 29.3 Å². The van der Waals surface area contributed by atoms with Crippen LogP contribution < -0.4 is 5.32 Å². The minimum atomic E-state index is -0.237. The molecule has 106 valence electrons. The van der Waals surface area contributed by atoms with Gasteiger partial charge in [-0.25, -0.2) is 0 Å². The Morgan fingerprint density at radius 3 is 2.80 bits per heavy atom. The molecule has 2 aliphatic rings. The van der Waals surface area contributed by atoms with E-state index in [1.54, 1.807) is 0 Å². The van der Waals surface area contributed by atoms with Gasteiger partial charge in [-0.1, -0.05) is 18.2 Å². The van der Waals surface area contributed by atoms with Gasteiger partial charge < -0.3 is 10.1 Å². The Hall–Kier alpha value is -1.88. The van der Waals surface area contributed by atoms with Crippen molar-refractivity contribution in [2.24, 2.45) is 0 Å². The number of nitrogens with zero attached hydrogens (tertiary/aromatic N) is 1. The SMILES string of the molecule is O=C1COCC(=O)N1CCc1cccc2c1NCCC2. The largest absolute Gasteiger partial charge is 0.385 e. The van der Waals surface area contributed by atoms with Gasteiger partial charge in [-0.15, -0.1) is 0 Å². The van der Waals surface area contributed by atoms with E-state index in [9.17, 15) is 9.59 Å². The monoisotopic (exact) mass is 274 g/mol. The maximum atomic E-state index is 11.7. The number of fused-ring (bicyclic) bond motifs is 1. The number of imide groups is 1. The molecule has 3 rings (SSSR count). The Balaban J connectivity index is 1.72. The summed E-state index contributed by atoms with van der Waals surface area (Å²) in [7, 11) is 0. The molecule has 5 heteroatoms. The van der Waals surface area contributed by atoms with Crippen LogP contribution in [0.2, 0.25) is 0 Å². The Morgan fingerprint density at radius 1 is 1.20 bits per heavy atom. The lowest BCUT2D eigenvalue weighted by Gasteiger charge is -2.26. The number of anilines is 1. The van der Waals surface area contributed by atoms with Crippen LogP contribution in [-0.2, 0) is 27.2 Å². The number of aryl methyl sites for hydroxylation is 1. The number of hydrogen-bond acceptors (Lipinski definition) is 4. The van der Waals surface area contributed by atoms with Crippen molar-refractivity contribution in [3.8, 4) is 0 Å². The number of benzene rings is 1. The quantitative estimate of drug-likeness (QED) is 0.835. The lowest BCUT2D eigenvalue weighted by atomic mass is 9.98. The second-order valence-electron chi connectivity index (χ2n) is 5.16. The molecule has 0 spiro atoms. The molecule has 2 aliphatic heterocycles.